The smallest absolute Gasteiger partial charge is 0.0543 e. The Morgan fingerprint density at radius 3 is 2.50 bits per heavy atom. The first-order valence-corrected chi connectivity index (χ1v) is 6.72. The molecule has 1 aliphatic heterocycles. The van der Waals surface area contributed by atoms with Crippen LogP contribution < -0.4 is 0 Å². The average Bonchev–Trinajstić information content (AvgIpc) is 2.39. The van der Waals surface area contributed by atoms with Gasteiger partial charge in [0.05, 0.1) is 5.69 Å². The largest absolute Gasteiger partial charge is 0.297 e. The van der Waals surface area contributed by atoms with E-state index < -0.39 is 0 Å². The molecule has 0 spiro atoms. The van der Waals surface area contributed by atoms with E-state index in [1.54, 1.807) is 0 Å². The highest BCUT2D eigenvalue weighted by Gasteiger charge is 2.16. The fourth-order valence-electron chi connectivity index (χ4n) is 2.16. The molecule has 3 nitrogen and oxygen atoms in total. The zero-order chi connectivity index (χ0) is 12.8. The number of allylic oxidation sites excluding steroid dienone is 1. The van der Waals surface area contributed by atoms with Crippen LogP contribution in [-0.2, 0) is 6.54 Å². The Morgan fingerprint density at radius 2 is 1.89 bits per heavy atom. The number of nitrogens with zero attached hydrogens (tertiary/aromatic N) is 3. The molecule has 0 radical (unpaired) electrons. The third-order valence-corrected chi connectivity index (χ3v) is 3.33. The summed E-state index contributed by atoms with van der Waals surface area (Å²) in [4.78, 5) is 9.39. The van der Waals surface area contributed by atoms with Gasteiger partial charge in [0.25, 0.3) is 0 Å². The maximum absolute atomic E-state index is 4.39. The van der Waals surface area contributed by atoms with Crippen LogP contribution in [0.5, 0.6) is 0 Å². The fourth-order valence-corrected chi connectivity index (χ4v) is 2.16. The van der Waals surface area contributed by atoms with Gasteiger partial charge in [-0.15, -0.1) is 0 Å². The van der Waals surface area contributed by atoms with Crippen LogP contribution in [0.15, 0.2) is 36.0 Å². The van der Waals surface area contributed by atoms with Crippen molar-refractivity contribution in [2.45, 2.75) is 20.4 Å². The molecule has 0 saturated carbocycles. The molecule has 0 amide bonds. The summed E-state index contributed by atoms with van der Waals surface area (Å²) in [6.07, 6.45) is 4.19. The van der Waals surface area contributed by atoms with Gasteiger partial charge in [-0.05, 0) is 26.0 Å². The lowest BCUT2D eigenvalue weighted by molar-refractivity contribution is 0.135. The lowest BCUT2D eigenvalue weighted by Crippen LogP contribution is -2.45. The van der Waals surface area contributed by atoms with Crippen LogP contribution in [0, 0.1) is 0 Å². The fraction of sp³-hybridized carbons (Fsp3) is 0.533. The molecular weight excluding hydrogens is 222 g/mol. The van der Waals surface area contributed by atoms with Crippen molar-refractivity contribution in [3.05, 3.63) is 41.7 Å². The monoisotopic (exact) mass is 245 g/mol. The SMILES string of the molecule is CC(C)=CCN1CCN(Cc2ccccn2)CC1. The van der Waals surface area contributed by atoms with Gasteiger partial charge in [-0.1, -0.05) is 17.7 Å². The van der Waals surface area contributed by atoms with Gasteiger partial charge in [-0.25, -0.2) is 0 Å². The molecule has 0 bridgehead atoms. The maximum Gasteiger partial charge on any atom is 0.0543 e. The number of hydrogen-bond donors (Lipinski definition) is 0. The number of aromatic nitrogens is 1. The van der Waals surface area contributed by atoms with Gasteiger partial charge in [0.2, 0.25) is 0 Å². The van der Waals surface area contributed by atoms with E-state index in [1.165, 1.54) is 11.3 Å². The minimum absolute atomic E-state index is 0.983. The van der Waals surface area contributed by atoms with Crippen molar-refractivity contribution in [1.82, 2.24) is 14.8 Å². The third kappa shape index (κ3) is 4.24. The second kappa shape index (κ2) is 6.66. The number of pyridine rings is 1. The zero-order valence-corrected chi connectivity index (χ0v) is 11.5. The van der Waals surface area contributed by atoms with Crippen LogP contribution in [0.25, 0.3) is 0 Å². The summed E-state index contributed by atoms with van der Waals surface area (Å²) in [5.41, 5.74) is 2.58. The summed E-state index contributed by atoms with van der Waals surface area (Å²) in [5, 5.41) is 0. The van der Waals surface area contributed by atoms with E-state index in [2.05, 4.69) is 46.8 Å². The highest BCUT2D eigenvalue weighted by molar-refractivity contribution is 5.03. The number of hydrogen-bond acceptors (Lipinski definition) is 3. The predicted octanol–water partition coefficient (Wildman–Crippen LogP) is 2.17. The molecular formula is C15H23N3. The Labute approximate surface area is 110 Å². The average molecular weight is 245 g/mol. The summed E-state index contributed by atoms with van der Waals surface area (Å²) >= 11 is 0. The Kier molecular flexibility index (Phi) is 4.90. The minimum Gasteiger partial charge on any atom is -0.297 e. The molecule has 0 atom stereocenters. The van der Waals surface area contributed by atoms with Gasteiger partial charge < -0.3 is 0 Å². The lowest BCUT2D eigenvalue weighted by Gasteiger charge is -2.33. The van der Waals surface area contributed by atoms with Crippen molar-refractivity contribution < 1.29 is 0 Å². The molecule has 0 aromatic carbocycles. The summed E-state index contributed by atoms with van der Waals surface area (Å²) in [6, 6.07) is 6.14. The summed E-state index contributed by atoms with van der Waals surface area (Å²) in [6.45, 7) is 11.0. The van der Waals surface area contributed by atoms with Gasteiger partial charge in [-0.3, -0.25) is 14.8 Å². The first-order valence-electron chi connectivity index (χ1n) is 6.72. The predicted molar refractivity (Wildman–Crippen MR) is 75.4 cm³/mol. The summed E-state index contributed by atoms with van der Waals surface area (Å²) < 4.78 is 0. The van der Waals surface area contributed by atoms with Gasteiger partial charge in [-0.2, -0.15) is 0 Å². The Hall–Kier alpha value is -1.19. The Bertz CT molecular complexity index is 374. The van der Waals surface area contributed by atoms with E-state index in [1.807, 2.05) is 12.3 Å². The van der Waals surface area contributed by atoms with E-state index >= 15 is 0 Å². The highest BCUT2D eigenvalue weighted by Crippen LogP contribution is 2.06. The van der Waals surface area contributed by atoms with Crippen molar-refractivity contribution in [1.29, 1.82) is 0 Å². The maximum atomic E-state index is 4.39. The van der Waals surface area contributed by atoms with E-state index in [4.69, 9.17) is 0 Å². The number of rotatable bonds is 4. The topological polar surface area (TPSA) is 19.4 Å². The first kappa shape index (κ1) is 13.2. The van der Waals surface area contributed by atoms with Crippen LogP contribution in [0.3, 0.4) is 0 Å². The van der Waals surface area contributed by atoms with Crippen molar-refractivity contribution in [3.63, 3.8) is 0 Å². The molecule has 98 valence electrons. The van der Waals surface area contributed by atoms with E-state index in [0.29, 0.717) is 0 Å². The zero-order valence-electron chi connectivity index (χ0n) is 11.5. The normalized spacial score (nSPS) is 17.7. The van der Waals surface area contributed by atoms with Crippen molar-refractivity contribution in [2.24, 2.45) is 0 Å². The molecule has 0 N–H and O–H groups in total. The molecule has 2 heterocycles. The molecule has 0 unspecified atom stereocenters. The molecule has 0 aliphatic carbocycles. The quantitative estimate of drug-likeness (QED) is 0.758. The highest BCUT2D eigenvalue weighted by atomic mass is 15.3. The second-order valence-corrected chi connectivity index (χ2v) is 5.18. The molecule has 1 aromatic heterocycles. The van der Waals surface area contributed by atoms with Crippen molar-refractivity contribution in [3.8, 4) is 0 Å². The summed E-state index contributed by atoms with van der Waals surface area (Å²) in [5.74, 6) is 0. The second-order valence-electron chi connectivity index (χ2n) is 5.18. The molecule has 3 heteroatoms. The molecule has 18 heavy (non-hydrogen) atoms. The minimum atomic E-state index is 0.983. The van der Waals surface area contributed by atoms with Gasteiger partial charge >= 0.3 is 0 Å². The summed E-state index contributed by atoms with van der Waals surface area (Å²) in [7, 11) is 0. The molecule has 1 saturated heterocycles. The van der Waals surface area contributed by atoms with E-state index in [-0.39, 0.29) is 0 Å². The lowest BCUT2D eigenvalue weighted by atomic mass is 10.2. The van der Waals surface area contributed by atoms with Crippen LogP contribution in [0.4, 0.5) is 0 Å². The standard InChI is InChI=1S/C15H23N3/c1-14(2)6-8-17-9-11-18(12-10-17)13-15-5-3-4-7-16-15/h3-7H,8-13H2,1-2H3. The molecule has 1 aromatic rings. The molecule has 1 fully saturated rings. The van der Waals surface area contributed by atoms with Crippen LogP contribution >= 0.6 is 0 Å². The first-order chi connectivity index (χ1) is 8.74. The van der Waals surface area contributed by atoms with E-state index in [0.717, 1.165) is 39.3 Å². The van der Waals surface area contributed by atoms with Crippen LogP contribution in [0.1, 0.15) is 19.5 Å². The third-order valence-electron chi connectivity index (χ3n) is 3.33. The van der Waals surface area contributed by atoms with Gasteiger partial charge in [0.1, 0.15) is 0 Å². The van der Waals surface area contributed by atoms with Gasteiger partial charge in [0.15, 0.2) is 0 Å². The van der Waals surface area contributed by atoms with Crippen LogP contribution in [0.2, 0.25) is 0 Å². The Balaban J connectivity index is 1.75. The van der Waals surface area contributed by atoms with Gasteiger partial charge in [0, 0.05) is 45.5 Å². The van der Waals surface area contributed by atoms with Crippen molar-refractivity contribution >= 4 is 0 Å². The van der Waals surface area contributed by atoms with E-state index in [9.17, 15) is 0 Å². The Morgan fingerprint density at radius 1 is 1.17 bits per heavy atom. The molecule has 1 aliphatic rings. The van der Waals surface area contributed by atoms with Crippen LogP contribution in [-0.4, -0.2) is 47.5 Å². The molecule has 2 rings (SSSR count). The number of piperazine rings is 1. The van der Waals surface area contributed by atoms with Crippen molar-refractivity contribution in [2.75, 3.05) is 32.7 Å².